The van der Waals surface area contributed by atoms with Gasteiger partial charge in [-0.15, -0.1) is 0 Å². The Bertz CT molecular complexity index is 639. The molecule has 1 aliphatic rings. The molecule has 0 bridgehead atoms. The molecule has 1 aromatic rings. The second-order valence-electron chi connectivity index (χ2n) is 7.65. The minimum Gasteiger partial charge on any atom is -0.454 e. The molecule has 6 nitrogen and oxygen atoms in total. The van der Waals surface area contributed by atoms with Gasteiger partial charge < -0.3 is 15.4 Å². The van der Waals surface area contributed by atoms with Crippen LogP contribution in [0.25, 0.3) is 0 Å². The molecule has 0 atom stereocenters. The Morgan fingerprint density at radius 1 is 1.07 bits per heavy atom. The van der Waals surface area contributed by atoms with Gasteiger partial charge in [-0.25, -0.2) is 0 Å². The highest BCUT2D eigenvalue weighted by Crippen LogP contribution is 2.43. The first kappa shape index (κ1) is 20.9. The van der Waals surface area contributed by atoms with E-state index in [9.17, 15) is 14.4 Å². The molecule has 0 unspecified atom stereocenters. The lowest BCUT2D eigenvalue weighted by molar-refractivity contribution is -0.148. The van der Waals surface area contributed by atoms with Crippen LogP contribution in [-0.4, -0.2) is 37.5 Å². The Morgan fingerprint density at radius 2 is 1.78 bits per heavy atom. The maximum absolute atomic E-state index is 12.0. The molecule has 0 spiro atoms. The predicted molar refractivity (Wildman–Crippen MR) is 103 cm³/mol. The van der Waals surface area contributed by atoms with Crippen molar-refractivity contribution in [2.45, 2.75) is 51.4 Å². The number of nitrogens with one attached hydrogen (secondary N) is 2. The van der Waals surface area contributed by atoms with Crippen molar-refractivity contribution in [3.63, 3.8) is 0 Å². The second kappa shape index (κ2) is 10.1. The van der Waals surface area contributed by atoms with Gasteiger partial charge in [0, 0.05) is 18.4 Å². The van der Waals surface area contributed by atoms with Crippen molar-refractivity contribution >= 4 is 17.8 Å². The number of hydrogen-bond acceptors (Lipinski definition) is 4. The summed E-state index contributed by atoms with van der Waals surface area (Å²) in [5, 5.41) is 5.39. The van der Waals surface area contributed by atoms with Crippen molar-refractivity contribution in [3.05, 3.63) is 35.9 Å². The van der Waals surface area contributed by atoms with Crippen molar-refractivity contribution in [1.82, 2.24) is 10.6 Å². The zero-order valence-electron chi connectivity index (χ0n) is 16.3. The van der Waals surface area contributed by atoms with E-state index in [1.165, 1.54) is 5.56 Å². The first-order valence-corrected chi connectivity index (χ1v) is 9.66. The van der Waals surface area contributed by atoms with Gasteiger partial charge in [-0.1, -0.05) is 50.6 Å². The van der Waals surface area contributed by atoms with Gasteiger partial charge in [0.2, 0.25) is 5.91 Å². The third-order valence-corrected chi connectivity index (χ3v) is 5.06. The largest absolute Gasteiger partial charge is 0.454 e. The van der Waals surface area contributed by atoms with E-state index in [-0.39, 0.29) is 30.4 Å². The molecule has 0 aliphatic heterocycles. The quantitative estimate of drug-likeness (QED) is 0.616. The highest BCUT2D eigenvalue weighted by Gasteiger charge is 2.38. The summed E-state index contributed by atoms with van der Waals surface area (Å²) in [6.45, 7) is 4.07. The molecule has 0 radical (unpaired) electrons. The molecule has 2 rings (SSSR count). The molecular formula is C21H30N2O4. The summed E-state index contributed by atoms with van der Waals surface area (Å²) >= 11 is 0. The smallest absolute Gasteiger partial charge is 0.325 e. The van der Waals surface area contributed by atoms with Crippen LogP contribution in [0.2, 0.25) is 0 Å². The van der Waals surface area contributed by atoms with Gasteiger partial charge >= 0.3 is 5.97 Å². The van der Waals surface area contributed by atoms with Crippen LogP contribution in [0.1, 0.15) is 51.5 Å². The fourth-order valence-corrected chi connectivity index (χ4v) is 3.16. The Labute approximate surface area is 161 Å². The maximum atomic E-state index is 12.0. The topological polar surface area (TPSA) is 84.5 Å². The molecule has 0 aromatic heterocycles. The molecule has 27 heavy (non-hydrogen) atoms. The van der Waals surface area contributed by atoms with E-state index in [1.807, 2.05) is 32.0 Å². The van der Waals surface area contributed by atoms with E-state index in [2.05, 4.69) is 22.8 Å². The average molecular weight is 374 g/mol. The summed E-state index contributed by atoms with van der Waals surface area (Å²) in [4.78, 5) is 35.2. The number of carbonyl (C=O) groups excluding carboxylic acids is 3. The van der Waals surface area contributed by atoms with Crippen molar-refractivity contribution in [2.24, 2.45) is 5.92 Å². The van der Waals surface area contributed by atoms with Gasteiger partial charge in [-0.3, -0.25) is 14.4 Å². The van der Waals surface area contributed by atoms with E-state index >= 15 is 0 Å². The molecule has 1 fully saturated rings. The summed E-state index contributed by atoms with van der Waals surface area (Å²) in [5.41, 5.74) is 1.23. The molecular weight excluding hydrogens is 344 g/mol. The number of esters is 1. The van der Waals surface area contributed by atoms with Gasteiger partial charge in [-0.05, 0) is 30.7 Å². The average Bonchev–Trinajstić information content (AvgIpc) is 2.63. The van der Waals surface area contributed by atoms with Crippen LogP contribution in [0.4, 0.5) is 0 Å². The first-order chi connectivity index (χ1) is 12.9. The summed E-state index contributed by atoms with van der Waals surface area (Å²) in [6.07, 6.45) is 4.38. The Morgan fingerprint density at radius 3 is 2.37 bits per heavy atom. The number of benzene rings is 1. The number of hydrogen-bond donors (Lipinski definition) is 2. The molecule has 148 valence electrons. The van der Waals surface area contributed by atoms with Crippen LogP contribution in [0, 0.1) is 5.92 Å². The molecule has 2 amide bonds. The van der Waals surface area contributed by atoms with Crippen molar-refractivity contribution < 1.29 is 19.1 Å². The second-order valence-corrected chi connectivity index (χ2v) is 7.65. The SMILES string of the molecule is CC(C)CCC(=O)NCC(=O)OCC(=O)NCC1(c2ccccc2)CCC1. The lowest BCUT2D eigenvalue weighted by Gasteiger charge is -2.42. The van der Waals surface area contributed by atoms with E-state index in [4.69, 9.17) is 4.74 Å². The van der Waals surface area contributed by atoms with Gasteiger partial charge in [0.15, 0.2) is 6.61 Å². The molecule has 0 saturated heterocycles. The number of amides is 2. The Balaban J connectivity index is 1.66. The van der Waals surface area contributed by atoms with Crippen LogP contribution in [-0.2, 0) is 24.5 Å². The van der Waals surface area contributed by atoms with Crippen molar-refractivity contribution in [1.29, 1.82) is 0 Å². The maximum Gasteiger partial charge on any atom is 0.325 e. The number of ether oxygens (including phenoxy) is 1. The van der Waals surface area contributed by atoms with Gasteiger partial charge in [-0.2, -0.15) is 0 Å². The minimum atomic E-state index is -0.607. The summed E-state index contributed by atoms with van der Waals surface area (Å²) in [5.74, 6) is -0.678. The normalized spacial score (nSPS) is 14.9. The highest BCUT2D eigenvalue weighted by atomic mass is 16.5. The van der Waals surface area contributed by atoms with Crippen molar-refractivity contribution in [2.75, 3.05) is 19.7 Å². The van der Waals surface area contributed by atoms with Gasteiger partial charge in [0.25, 0.3) is 5.91 Å². The standard InChI is InChI=1S/C21H30N2O4/c1-16(2)9-10-18(24)22-13-20(26)27-14-19(25)23-15-21(11-6-12-21)17-7-4-3-5-8-17/h3-5,7-8,16H,6,9-15H2,1-2H3,(H,22,24)(H,23,25). The lowest BCUT2D eigenvalue weighted by atomic mass is 9.64. The monoisotopic (exact) mass is 374 g/mol. The van der Waals surface area contributed by atoms with Crippen LogP contribution in [0.3, 0.4) is 0 Å². The van der Waals surface area contributed by atoms with Crippen molar-refractivity contribution in [3.8, 4) is 0 Å². The molecule has 0 heterocycles. The Kier molecular flexibility index (Phi) is 7.82. The minimum absolute atomic E-state index is 0.00861. The first-order valence-electron chi connectivity index (χ1n) is 9.66. The third kappa shape index (κ3) is 6.70. The summed E-state index contributed by atoms with van der Waals surface area (Å²) in [7, 11) is 0. The fraction of sp³-hybridized carbons (Fsp3) is 0.571. The van der Waals surface area contributed by atoms with Crippen LogP contribution in [0.15, 0.2) is 30.3 Å². The zero-order chi connectivity index (χ0) is 19.7. The highest BCUT2D eigenvalue weighted by molar-refractivity contribution is 5.84. The Hall–Kier alpha value is -2.37. The zero-order valence-corrected chi connectivity index (χ0v) is 16.3. The predicted octanol–water partition coefficient (Wildman–Crippen LogP) is 2.32. The fourth-order valence-electron chi connectivity index (χ4n) is 3.16. The lowest BCUT2D eigenvalue weighted by Crippen LogP contribution is -2.46. The number of carbonyl (C=O) groups is 3. The molecule has 2 N–H and O–H groups in total. The molecule has 6 heteroatoms. The third-order valence-electron chi connectivity index (χ3n) is 5.06. The van der Waals surface area contributed by atoms with E-state index < -0.39 is 5.97 Å². The summed E-state index contributed by atoms with van der Waals surface area (Å²) < 4.78 is 4.94. The summed E-state index contributed by atoms with van der Waals surface area (Å²) in [6, 6.07) is 10.2. The van der Waals surface area contributed by atoms with Crippen LogP contribution in [0.5, 0.6) is 0 Å². The van der Waals surface area contributed by atoms with Crippen LogP contribution >= 0.6 is 0 Å². The molecule has 1 aliphatic carbocycles. The molecule has 1 saturated carbocycles. The van der Waals surface area contributed by atoms with Gasteiger partial charge in [0.1, 0.15) is 6.54 Å². The van der Waals surface area contributed by atoms with E-state index in [0.717, 1.165) is 25.7 Å². The van der Waals surface area contributed by atoms with E-state index in [1.54, 1.807) is 0 Å². The van der Waals surface area contributed by atoms with E-state index in [0.29, 0.717) is 18.9 Å². The van der Waals surface area contributed by atoms with Crippen LogP contribution < -0.4 is 10.6 Å². The molecule has 1 aromatic carbocycles. The number of rotatable bonds is 10. The van der Waals surface area contributed by atoms with Gasteiger partial charge in [0.05, 0.1) is 0 Å².